The molecule has 1 aliphatic carbocycles. The van der Waals surface area contributed by atoms with Crippen LogP contribution in [-0.2, 0) is 16.1 Å². The fourth-order valence-electron chi connectivity index (χ4n) is 3.81. The van der Waals surface area contributed by atoms with E-state index in [0.29, 0.717) is 52.0 Å². The van der Waals surface area contributed by atoms with E-state index in [-0.39, 0.29) is 23.8 Å². The molecule has 0 bridgehead atoms. The summed E-state index contributed by atoms with van der Waals surface area (Å²) in [6.07, 6.45) is 1.73. The van der Waals surface area contributed by atoms with Gasteiger partial charge in [0.1, 0.15) is 29.8 Å². The molecule has 0 saturated carbocycles. The van der Waals surface area contributed by atoms with Gasteiger partial charge in [-0.05, 0) is 24.6 Å². The summed E-state index contributed by atoms with van der Waals surface area (Å²) in [6.45, 7) is 0.206. The third-order valence-corrected chi connectivity index (χ3v) is 5.82. The van der Waals surface area contributed by atoms with Gasteiger partial charge in [-0.3, -0.25) is 4.79 Å². The van der Waals surface area contributed by atoms with Crippen LogP contribution in [-0.4, -0.2) is 5.78 Å². The first-order valence-corrected chi connectivity index (χ1v) is 10.2. The van der Waals surface area contributed by atoms with Gasteiger partial charge in [-0.25, -0.2) is 0 Å². The van der Waals surface area contributed by atoms with Crippen molar-refractivity contribution in [2.75, 3.05) is 0 Å². The highest BCUT2D eigenvalue weighted by atomic mass is 35.5. The molecule has 0 spiro atoms. The molecule has 0 unspecified atom stereocenters. The Balaban J connectivity index is 1.74. The maximum absolute atomic E-state index is 12.8. The van der Waals surface area contributed by atoms with Crippen molar-refractivity contribution in [1.82, 2.24) is 0 Å². The zero-order valence-electron chi connectivity index (χ0n) is 16.0. The lowest BCUT2D eigenvalue weighted by Crippen LogP contribution is -2.27. The highest BCUT2D eigenvalue weighted by molar-refractivity contribution is 6.35. The predicted molar refractivity (Wildman–Crippen MR) is 114 cm³/mol. The molecule has 1 aliphatic heterocycles. The van der Waals surface area contributed by atoms with Gasteiger partial charge in [0, 0.05) is 39.6 Å². The van der Waals surface area contributed by atoms with Crippen molar-refractivity contribution in [3.05, 3.63) is 86.4 Å². The van der Waals surface area contributed by atoms with E-state index >= 15 is 0 Å². The number of nitrogens with two attached hydrogens (primary N) is 1. The van der Waals surface area contributed by atoms with Gasteiger partial charge in [0.2, 0.25) is 5.88 Å². The third-order valence-electron chi connectivity index (χ3n) is 5.23. The maximum atomic E-state index is 12.8. The topological polar surface area (TPSA) is 85.3 Å². The number of hydrogen-bond donors (Lipinski definition) is 1. The lowest BCUT2D eigenvalue weighted by Gasteiger charge is -2.31. The van der Waals surface area contributed by atoms with Crippen molar-refractivity contribution in [3.8, 4) is 11.8 Å². The standard InChI is InChI=1S/C23H18Cl2N2O3/c24-14-9-8-13(17(25)10-14)12-29-19-6-2-1-4-15(19)21-16(11-26)23(27)30-20-7-3-5-18(28)22(20)21/h1-2,4,6,8-10,21H,3,5,7,12,27H2/t21-/m0/s1. The minimum atomic E-state index is -0.622. The second kappa shape index (κ2) is 8.43. The minimum absolute atomic E-state index is 0.0305. The lowest BCUT2D eigenvalue weighted by atomic mass is 9.77. The van der Waals surface area contributed by atoms with Crippen LogP contribution in [0.3, 0.4) is 0 Å². The van der Waals surface area contributed by atoms with E-state index in [1.165, 1.54) is 0 Å². The van der Waals surface area contributed by atoms with E-state index in [0.717, 1.165) is 5.56 Å². The fraction of sp³-hybridized carbons (Fsp3) is 0.217. The Morgan fingerprint density at radius 2 is 2.00 bits per heavy atom. The molecule has 0 fully saturated rings. The van der Waals surface area contributed by atoms with Crippen molar-refractivity contribution >= 4 is 29.0 Å². The van der Waals surface area contributed by atoms with Gasteiger partial charge in [0.05, 0.1) is 5.92 Å². The molecule has 5 nitrogen and oxygen atoms in total. The lowest BCUT2D eigenvalue weighted by molar-refractivity contribution is -0.116. The summed E-state index contributed by atoms with van der Waals surface area (Å²) in [4.78, 5) is 12.8. The zero-order valence-corrected chi connectivity index (χ0v) is 17.5. The monoisotopic (exact) mass is 440 g/mol. The largest absolute Gasteiger partial charge is 0.489 e. The molecule has 2 aromatic carbocycles. The van der Waals surface area contributed by atoms with Crippen LogP contribution < -0.4 is 10.5 Å². The Kier molecular flexibility index (Phi) is 5.72. The summed E-state index contributed by atoms with van der Waals surface area (Å²) in [7, 11) is 0. The number of para-hydroxylation sites is 1. The van der Waals surface area contributed by atoms with Crippen LogP contribution in [0.4, 0.5) is 0 Å². The van der Waals surface area contributed by atoms with E-state index in [2.05, 4.69) is 6.07 Å². The number of allylic oxidation sites excluding steroid dienone is 3. The molecule has 7 heteroatoms. The highest BCUT2D eigenvalue weighted by Gasteiger charge is 2.39. The number of rotatable bonds is 4. The number of Topliss-reactive ketones (excluding diaryl/α,β-unsaturated/α-hetero) is 1. The number of nitriles is 1. The summed E-state index contributed by atoms with van der Waals surface area (Å²) in [5.74, 6) is 0.469. The van der Waals surface area contributed by atoms with E-state index in [9.17, 15) is 10.1 Å². The molecule has 1 atom stereocenters. The maximum Gasteiger partial charge on any atom is 0.205 e. The second-order valence-corrected chi connectivity index (χ2v) is 7.94. The number of hydrogen-bond acceptors (Lipinski definition) is 5. The first-order valence-electron chi connectivity index (χ1n) is 9.49. The first-order chi connectivity index (χ1) is 14.5. The third kappa shape index (κ3) is 3.77. The first kappa shape index (κ1) is 20.3. The number of carbonyl (C=O) groups is 1. The number of halogens is 2. The molecule has 0 aromatic heterocycles. The molecule has 0 amide bonds. The molecule has 30 heavy (non-hydrogen) atoms. The van der Waals surface area contributed by atoms with Gasteiger partial charge < -0.3 is 15.2 Å². The van der Waals surface area contributed by atoms with Crippen molar-refractivity contribution in [2.24, 2.45) is 5.73 Å². The number of carbonyl (C=O) groups excluding carboxylic acids is 1. The van der Waals surface area contributed by atoms with Crippen LogP contribution in [0.15, 0.2) is 65.3 Å². The Bertz CT molecular complexity index is 1130. The fourth-order valence-corrected chi connectivity index (χ4v) is 4.28. The zero-order chi connectivity index (χ0) is 21.3. The molecular formula is C23H18Cl2N2O3. The van der Waals surface area contributed by atoms with Gasteiger partial charge in [-0.1, -0.05) is 47.5 Å². The molecule has 4 rings (SSSR count). The van der Waals surface area contributed by atoms with Crippen LogP contribution in [0.25, 0.3) is 0 Å². The van der Waals surface area contributed by atoms with E-state index in [4.69, 9.17) is 38.4 Å². The molecule has 1 heterocycles. The summed E-state index contributed by atoms with van der Waals surface area (Å²) in [6, 6.07) is 14.6. The molecule has 2 aromatic rings. The SMILES string of the molecule is N#CC1=C(N)OC2=C(C(=O)CCC2)[C@H]1c1ccccc1OCc1ccc(Cl)cc1Cl. The van der Waals surface area contributed by atoms with Gasteiger partial charge in [0.25, 0.3) is 0 Å². The Hall–Kier alpha value is -2.94. The summed E-state index contributed by atoms with van der Waals surface area (Å²) in [5.41, 5.74) is 8.20. The summed E-state index contributed by atoms with van der Waals surface area (Å²) < 4.78 is 11.7. The number of benzene rings is 2. The van der Waals surface area contributed by atoms with Crippen LogP contribution >= 0.6 is 23.2 Å². The summed E-state index contributed by atoms with van der Waals surface area (Å²) in [5, 5.41) is 10.8. The number of nitrogens with zero attached hydrogens (tertiary/aromatic N) is 1. The van der Waals surface area contributed by atoms with Gasteiger partial charge in [-0.2, -0.15) is 5.26 Å². The van der Waals surface area contributed by atoms with Crippen molar-refractivity contribution in [2.45, 2.75) is 31.8 Å². The van der Waals surface area contributed by atoms with Crippen LogP contribution in [0.1, 0.15) is 36.3 Å². The van der Waals surface area contributed by atoms with Gasteiger partial charge >= 0.3 is 0 Å². The molecule has 2 aliphatic rings. The minimum Gasteiger partial charge on any atom is -0.489 e. The van der Waals surface area contributed by atoms with E-state index in [1.807, 2.05) is 18.2 Å². The smallest absolute Gasteiger partial charge is 0.205 e. The Morgan fingerprint density at radius 1 is 1.20 bits per heavy atom. The van der Waals surface area contributed by atoms with Gasteiger partial charge in [-0.15, -0.1) is 0 Å². The number of ketones is 1. The second-order valence-electron chi connectivity index (χ2n) is 7.10. The average Bonchev–Trinajstić information content (AvgIpc) is 2.72. The molecule has 152 valence electrons. The van der Waals surface area contributed by atoms with Crippen molar-refractivity contribution < 1.29 is 14.3 Å². The van der Waals surface area contributed by atoms with E-state index < -0.39 is 5.92 Å². The number of ether oxygens (including phenoxy) is 2. The Morgan fingerprint density at radius 3 is 2.77 bits per heavy atom. The van der Waals surface area contributed by atoms with Gasteiger partial charge in [0.15, 0.2) is 5.78 Å². The van der Waals surface area contributed by atoms with Crippen LogP contribution in [0, 0.1) is 11.3 Å². The van der Waals surface area contributed by atoms with Crippen LogP contribution in [0.2, 0.25) is 10.0 Å². The normalized spacial score (nSPS) is 18.6. The highest BCUT2D eigenvalue weighted by Crippen LogP contribution is 2.45. The average molecular weight is 441 g/mol. The van der Waals surface area contributed by atoms with Crippen LogP contribution in [0.5, 0.6) is 5.75 Å². The summed E-state index contributed by atoms with van der Waals surface area (Å²) >= 11 is 12.2. The quantitative estimate of drug-likeness (QED) is 0.688. The predicted octanol–water partition coefficient (Wildman–Crippen LogP) is 5.39. The Labute approximate surface area is 184 Å². The molecule has 2 N–H and O–H groups in total. The van der Waals surface area contributed by atoms with Crippen molar-refractivity contribution in [1.29, 1.82) is 5.26 Å². The molecular weight excluding hydrogens is 423 g/mol. The molecule has 0 radical (unpaired) electrons. The molecule has 0 saturated heterocycles. The van der Waals surface area contributed by atoms with E-state index in [1.54, 1.807) is 24.3 Å². The van der Waals surface area contributed by atoms with Crippen molar-refractivity contribution in [3.63, 3.8) is 0 Å².